The van der Waals surface area contributed by atoms with Crippen molar-refractivity contribution in [2.45, 2.75) is 58.7 Å². The average molecular weight is 417 g/mol. The molecule has 1 fully saturated rings. The molecule has 1 atom stereocenters. The second-order valence-corrected chi connectivity index (χ2v) is 10.4. The third-order valence-electron chi connectivity index (χ3n) is 5.23. The van der Waals surface area contributed by atoms with Crippen molar-refractivity contribution in [1.82, 2.24) is 9.62 Å². The van der Waals surface area contributed by atoms with E-state index in [0.29, 0.717) is 0 Å². The SMILES string of the molecule is CN(C)B1OC(=C(c2ccccc2)c2ccccc2)[C@@H](C=NC(C)(C)C)N1C(C)(C)C. The minimum atomic E-state index is -0.186. The largest absolute Gasteiger partial charge is 0.548 e. The van der Waals surface area contributed by atoms with Crippen molar-refractivity contribution in [3.63, 3.8) is 0 Å². The molecule has 0 aromatic heterocycles. The first-order chi connectivity index (χ1) is 14.5. The Morgan fingerprint density at radius 2 is 1.39 bits per heavy atom. The van der Waals surface area contributed by atoms with Crippen molar-refractivity contribution >= 4 is 19.0 Å². The number of hydrogen-bond acceptors (Lipinski definition) is 4. The van der Waals surface area contributed by atoms with Gasteiger partial charge in [0.1, 0.15) is 5.76 Å². The van der Waals surface area contributed by atoms with Crippen molar-refractivity contribution < 1.29 is 4.65 Å². The lowest BCUT2D eigenvalue weighted by Gasteiger charge is -2.37. The lowest BCUT2D eigenvalue weighted by molar-refractivity contribution is 0.231. The fourth-order valence-electron chi connectivity index (χ4n) is 3.91. The molecule has 164 valence electrons. The number of nitrogens with zero attached hydrogens (tertiary/aromatic N) is 3. The van der Waals surface area contributed by atoms with E-state index in [1.165, 1.54) is 0 Å². The molecule has 0 aliphatic carbocycles. The highest BCUT2D eigenvalue weighted by Crippen LogP contribution is 2.38. The molecule has 1 aliphatic rings. The molecule has 0 N–H and O–H groups in total. The van der Waals surface area contributed by atoms with Crippen molar-refractivity contribution in [1.29, 1.82) is 0 Å². The van der Waals surface area contributed by atoms with Crippen LogP contribution in [0.1, 0.15) is 52.7 Å². The van der Waals surface area contributed by atoms with Gasteiger partial charge in [-0.1, -0.05) is 60.7 Å². The summed E-state index contributed by atoms with van der Waals surface area (Å²) in [4.78, 5) is 9.45. The van der Waals surface area contributed by atoms with Crippen LogP contribution in [0.15, 0.2) is 71.4 Å². The van der Waals surface area contributed by atoms with Crippen molar-refractivity contribution in [2.75, 3.05) is 14.1 Å². The van der Waals surface area contributed by atoms with Gasteiger partial charge in [-0.3, -0.25) is 14.6 Å². The zero-order valence-corrected chi connectivity index (χ0v) is 20.3. The van der Waals surface area contributed by atoms with E-state index in [4.69, 9.17) is 9.65 Å². The molecule has 31 heavy (non-hydrogen) atoms. The molecule has 2 aromatic carbocycles. The van der Waals surface area contributed by atoms with E-state index in [0.717, 1.165) is 22.5 Å². The van der Waals surface area contributed by atoms with Gasteiger partial charge >= 0.3 is 7.19 Å². The molecule has 3 rings (SSSR count). The zero-order valence-electron chi connectivity index (χ0n) is 20.3. The molecule has 0 spiro atoms. The third kappa shape index (κ3) is 5.47. The van der Waals surface area contributed by atoms with E-state index in [1.807, 2.05) is 0 Å². The average Bonchev–Trinajstić information content (AvgIpc) is 3.08. The molecule has 4 nitrogen and oxygen atoms in total. The normalized spacial score (nSPS) is 18.2. The molecular weight excluding hydrogens is 381 g/mol. The van der Waals surface area contributed by atoms with Crippen LogP contribution >= 0.6 is 0 Å². The minimum Gasteiger partial charge on any atom is -0.534 e. The molecule has 0 bridgehead atoms. The van der Waals surface area contributed by atoms with Crippen LogP contribution in [-0.2, 0) is 4.65 Å². The van der Waals surface area contributed by atoms with Crippen molar-refractivity contribution in [2.24, 2.45) is 4.99 Å². The predicted octanol–water partition coefficient (Wildman–Crippen LogP) is 5.36. The molecule has 1 aliphatic heterocycles. The van der Waals surface area contributed by atoms with Gasteiger partial charge in [0.15, 0.2) is 0 Å². The summed E-state index contributed by atoms with van der Waals surface area (Å²) in [6.07, 6.45) is 2.08. The van der Waals surface area contributed by atoms with Gasteiger partial charge in [0, 0.05) is 17.3 Å². The van der Waals surface area contributed by atoms with Crippen LogP contribution < -0.4 is 0 Å². The van der Waals surface area contributed by atoms with Gasteiger partial charge in [0.2, 0.25) is 0 Å². The monoisotopic (exact) mass is 417 g/mol. The fraction of sp³-hybridized carbons (Fsp3) is 0.423. The number of benzene rings is 2. The molecule has 1 saturated heterocycles. The van der Waals surface area contributed by atoms with Crippen LogP contribution in [0.2, 0.25) is 0 Å². The molecule has 0 unspecified atom stereocenters. The molecular formula is C26H36BN3O. The van der Waals surface area contributed by atoms with Gasteiger partial charge < -0.3 is 4.65 Å². The van der Waals surface area contributed by atoms with E-state index < -0.39 is 0 Å². The summed E-state index contributed by atoms with van der Waals surface area (Å²) < 4.78 is 6.75. The maximum absolute atomic E-state index is 6.75. The summed E-state index contributed by atoms with van der Waals surface area (Å²) in [5.74, 6) is 0.944. The van der Waals surface area contributed by atoms with E-state index in [2.05, 4.69) is 132 Å². The number of rotatable bonds is 4. The highest BCUT2D eigenvalue weighted by molar-refractivity contribution is 6.47. The van der Waals surface area contributed by atoms with Gasteiger partial charge in [-0.25, -0.2) is 0 Å². The Kier molecular flexibility index (Phi) is 6.78. The van der Waals surface area contributed by atoms with Gasteiger partial charge in [-0.05, 0) is 66.8 Å². The molecule has 1 heterocycles. The molecule has 0 amide bonds. The summed E-state index contributed by atoms with van der Waals surface area (Å²) >= 11 is 0. The summed E-state index contributed by atoms with van der Waals surface area (Å²) in [6.45, 7) is 13.1. The Bertz CT molecular complexity index is 883. The van der Waals surface area contributed by atoms with Crippen LogP contribution in [0.25, 0.3) is 5.57 Å². The highest BCUT2D eigenvalue weighted by Gasteiger charge is 2.51. The third-order valence-corrected chi connectivity index (χ3v) is 5.23. The Balaban J connectivity index is 2.30. The Labute approximate surface area is 188 Å². The number of aliphatic imine (C=N–C) groups is 1. The molecule has 2 aromatic rings. The quantitative estimate of drug-likeness (QED) is 0.495. The number of hydrogen-bond donors (Lipinski definition) is 0. The standard InChI is InChI=1S/C26H36BN3O/c1-25(2,3)28-19-22-24(31-27(29(7)8)30(22)26(4,5)6)23(20-15-11-9-12-16-20)21-17-13-10-14-18-21/h9-19,22H,1-8H3/t22-/m1/s1. The van der Waals surface area contributed by atoms with Crippen LogP contribution in [0.4, 0.5) is 0 Å². The van der Waals surface area contributed by atoms with Crippen LogP contribution in [-0.4, -0.2) is 54.2 Å². The van der Waals surface area contributed by atoms with Gasteiger partial charge in [-0.15, -0.1) is 0 Å². The topological polar surface area (TPSA) is 28.1 Å². The fourth-order valence-corrected chi connectivity index (χ4v) is 3.91. The first-order valence-electron chi connectivity index (χ1n) is 11.0. The van der Waals surface area contributed by atoms with Gasteiger partial charge in [0.05, 0.1) is 11.6 Å². The summed E-state index contributed by atoms with van der Waals surface area (Å²) in [5, 5.41) is 0. The Morgan fingerprint density at radius 3 is 1.77 bits per heavy atom. The zero-order chi connectivity index (χ0) is 22.8. The molecule has 5 heteroatoms. The predicted molar refractivity (Wildman–Crippen MR) is 133 cm³/mol. The second kappa shape index (κ2) is 9.01. The van der Waals surface area contributed by atoms with Crippen LogP contribution in [0.5, 0.6) is 0 Å². The molecule has 0 radical (unpaired) electrons. The van der Waals surface area contributed by atoms with E-state index in [-0.39, 0.29) is 24.3 Å². The highest BCUT2D eigenvalue weighted by atomic mass is 16.5. The lowest BCUT2D eigenvalue weighted by atomic mass is 9.86. The van der Waals surface area contributed by atoms with Crippen molar-refractivity contribution in [3.05, 3.63) is 77.5 Å². The molecule has 0 saturated carbocycles. The smallest absolute Gasteiger partial charge is 0.534 e. The summed E-state index contributed by atoms with van der Waals surface area (Å²) in [6, 6.07) is 21.0. The first-order valence-corrected chi connectivity index (χ1v) is 11.0. The van der Waals surface area contributed by atoms with Gasteiger partial charge in [-0.2, -0.15) is 0 Å². The summed E-state index contributed by atoms with van der Waals surface area (Å²) in [7, 11) is 3.94. The van der Waals surface area contributed by atoms with E-state index in [9.17, 15) is 0 Å². The maximum Gasteiger partial charge on any atom is 0.548 e. The Morgan fingerprint density at radius 1 is 0.903 bits per heavy atom. The van der Waals surface area contributed by atoms with E-state index >= 15 is 0 Å². The summed E-state index contributed by atoms with van der Waals surface area (Å²) in [5.41, 5.74) is 3.12. The van der Waals surface area contributed by atoms with E-state index in [1.54, 1.807) is 0 Å². The second-order valence-electron chi connectivity index (χ2n) is 10.4. The Hall–Kier alpha value is -2.37. The first kappa shape index (κ1) is 23.3. The van der Waals surface area contributed by atoms with Crippen LogP contribution in [0, 0.1) is 0 Å². The van der Waals surface area contributed by atoms with Crippen LogP contribution in [0.3, 0.4) is 0 Å². The lowest BCUT2D eigenvalue weighted by Crippen LogP contribution is -2.57. The minimum absolute atomic E-state index is 0.0814. The maximum atomic E-state index is 6.75. The van der Waals surface area contributed by atoms with Gasteiger partial charge in [0.25, 0.3) is 0 Å². The van der Waals surface area contributed by atoms with Crippen molar-refractivity contribution in [3.8, 4) is 0 Å².